The fourth-order valence-electron chi connectivity index (χ4n) is 1.02. The second-order valence-corrected chi connectivity index (χ2v) is 4.55. The van der Waals surface area contributed by atoms with E-state index in [9.17, 15) is 8.42 Å². The molecule has 0 aliphatic carbocycles. The number of hydrogen-bond donors (Lipinski definition) is 3. The van der Waals surface area contributed by atoms with Gasteiger partial charge in [0.2, 0.25) is 0 Å². The average molecular weight is 227 g/mol. The Labute approximate surface area is 86.0 Å². The van der Waals surface area contributed by atoms with Crippen LogP contribution in [0, 0.1) is 0 Å². The lowest BCUT2D eigenvalue weighted by Crippen LogP contribution is -2.23. The molecule has 0 atom stereocenters. The van der Waals surface area contributed by atoms with Gasteiger partial charge in [-0.25, -0.2) is 23.1 Å². The molecule has 15 heavy (non-hydrogen) atoms. The summed E-state index contributed by atoms with van der Waals surface area (Å²) in [7, 11) is -3.51. The van der Waals surface area contributed by atoms with Crippen LogP contribution in [0.15, 0.2) is 30.1 Å². The van der Waals surface area contributed by atoms with Crippen LogP contribution in [0.4, 0.5) is 0 Å². The van der Waals surface area contributed by atoms with Crippen LogP contribution in [0.1, 0.15) is 5.69 Å². The Morgan fingerprint density at radius 3 is 2.53 bits per heavy atom. The highest BCUT2D eigenvalue weighted by molar-refractivity contribution is 7.89. The van der Waals surface area contributed by atoms with Gasteiger partial charge >= 0.3 is 0 Å². The van der Waals surface area contributed by atoms with Gasteiger partial charge in [-0.1, -0.05) is 0 Å². The van der Waals surface area contributed by atoms with Gasteiger partial charge in [0, 0.05) is 11.9 Å². The topological polar surface area (TPSA) is 104 Å². The van der Waals surface area contributed by atoms with Crippen LogP contribution in [-0.2, 0) is 16.6 Å². The van der Waals surface area contributed by atoms with Crippen molar-refractivity contribution in [2.45, 2.75) is 11.6 Å². The molecule has 0 amide bonds. The van der Waals surface area contributed by atoms with Crippen LogP contribution in [0.2, 0.25) is 0 Å². The van der Waals surface area contributed by atoms with Crippen molar-refractivity contribution in [3.8, 4) is 0 Å². The van der Waals surface area contributed by atoms with Gasteiger partial charge < -0.3 is 9.97 Å². The summed E-state index contributed by atoms with van der Waals surface area (Å²) < 4.78 is 25.5. The summed E-state index contributed by atoms with van der Waals surface area (Å²) in [5.41, 5.74) is 0.693. The number of sulfonamides is 1. The summed E-state index contributed by atoms with van der Waals surface area (Å²) in [5.74, 6) is 0. The molecular formula is C7H9N5O2S. The number of rotatable bonds is 4. The van der Waals surface area contributed by atoms with Crippen LogP contribution < -0.4 is 4.72 Å². The van der Waals surface area contributed by atoms with E-state index in [4.69, 9.17) is 0 Å². The Morgan fingerprint density at radius 2 is 1.93 bits per heavy atom. The number of nitrogens with zero attached hydrogens (tertiary/aromatic N) is 2. The van der Waals surface area contributed by atoms with Crippen molar-refractivity contribution >= 4 is 10.0 Å². The summed E-state index contributed by atoms with van der Waals surface area (Å²) in [4.78, 5) is 12.7. The maximum Gasteiger partial charge on any atom is 0.257 e. The minimum absolute atomic E-state index is 0.0435. The summed E-state index contributed by atoms with van der Waals surface area (Å²) in [6.07, 6.45) is 5.59. The van der Waals surface area contributed by atoms with Crippen LogP contribution in [0.3, 0.4) is 0 Å². The largest absolute Gasteiger partial charge is 0.347 e. The number of hydrogen-bond acceptors (Lipinski definition) is 4. The standard InChI is InChI=1S/C7H9N5O2S/c13-15(14,7-3-9-5-11-7)12-2-6-1-8-4-10-6/h1,3-5,12H,2H2,(H,8,10)(H,9,11). The molecule has 3 N–H and O–H groups in total. The second kappa shape index (κ2) is 3.83. The summed E-state index contributed by atoms with van der Waals surface area (Å²) in [6.45, 7) is 0.168. The van der Waals surface area contributed by atoms with Gasteiger partial charge in [0.05, 0.1) is 25.4 Å². The Balaban J connectivity index is 2.06. The quantitative estimate of drug-likeness (QED) is 0.661. The molecule has 80 valence electrons. The lowest BCUT2D eigenvalue weighted by molar-refractivity contribution is 0.577. The molecule has 0 aliphatic heterocycles. The van der Waals surface area contributed by atoms with Gasteiger partial charge in [-0.15, -0.1) is 0 Å². The van der Waals surface area contributed by atoms with Gasteiger partial charge in [-0.3, -0.25) is 0 Å². The summed E-state index contributed by atoms with van der Waals surface area (Å²) in [5, 5.41) is 0.0435. The van der Waals surface area contributed by atoms with E-state index in [-0.39, 0.29) is 11.6 Å². The van der Waals surface area contributed by atoms with E-state index in [1.807, 2.05) is 0 Å². The molecule has 2 aromatic heterocycles. The number of aromatic amines is 2. The van der Waals surface area contributed by atoms with Crippen molar-refractivity contribution in [2.75, 3.05) is 0 Å². The van der Waals surface area contributed by atoms with Crippen molar-refractivity contribution < 1.29 is 8.42 Å². The monoisotopic (exact) mass is 227 g/mol. The molecule has 0 unspecified atom stereocenters. The number of H-pyrrole nitrogens is 2. The first kappa shape index (κ1) is 9.87. The zero-order valence-corrected chi connectivity index (χ0v) is 8.45. The van der Waals surface area contributed by atoms with Crippen molar-refractivity contribution in [1.29, 1.82) is 0 Å². The SMILES string of the molecule is O=S(=O)(NCc1cnc[nH]1)c1cnc[nH]1. The predicted octanol–water partition coefficient (Wildman–Crippen LogP) is -0.389. The Bertz CT molecular complexity index is 502. The van der Waals surface area contributed by atoms with Crippen molar-refractivity contribution in [3.05, 3.63) is 30.7 Å². The van der Waals surface area contributed by atoms with Crippen LogP contribution in [0.25, 0.3) is 0 Å². The van der Waals surface area contributed by atoms with E-state index < -0.39 is 10.0 Å². The predicted molar refractivity (Wildman–Crippen MR) is 51.2 cm³/mol. The first-order valence-electron chi connectivity index (χ1n) is 4.14. The third-order valence-corrected chi connectivity index (χ3v) is 3.10. The van der Waals surface area contributed by atoms with E-state index in [0.29, 0.717) is 5.69 Å². The van der Waals surface area contributed by atoms with Gasteiger partial charge in [0.25, 0.3) is 10.0 Å². The molecule has 7 nitrogen and oxygen atoms in total. The minimum atomic E-state index is -3.51. The molecule has 2 heterocycles. The van der Waals surface area contributed by atoms with Crippen molar-refractivity contribution in [3.63, 3.8) is 0 Å². The zero-order valence-electron chi connectivity index (χ0n) is 7.64. The molecule has 2 rings (SSSR count). The maximum atomic E-state index is 11.6. The average Bonchev–Trinajstić information content (AvgIpc) is 2.88. The fourth-order valence-corrected chi connectivity index (χ4v) is 1.93. The third-order valence-electron chi connectivity index (χ3n) is 1.77. The Kier molecular flexibility index (Phi) is 2.52. The highest BCUT2D eigenvalue weighted by Crippen LogP contribution is 2.02. The van der Waals surface area contributed by atoms with Gasteiger partial charge in [-0.2, -0.15) is 0 Å². The highest BCUT2D eigenvalue weighted by atomic mass is 32.2. The summed E-state index contributed by atoms with van der Waals surface area (Å²) in [6, 6.07) is 0. The van der Waals surface area contributed by atoms with Crippen LogP contribution >= 0.6 is 0 Å². The lowest BCUT2D eigenvalue weighted by atomic mass is 10.5. The molecular weight excluding hydrogens is 218 g/mol. The van der Waals surface area contributed by atoms with Crippen molar-refractivity contribution in [2.24, 2.45) is 0 Å². The molecule has 0 fully saturated rings. The van der Waals surface area contributed by atoms with E-state index >= 15 is 0 Å². The molecule has 0 aromatic carbocycles. The second-order valence-electron chi connectivity index (χ2n) is 2.82. The zero-order chi connectivity index (χ0) is 10.7. The summed E-state index contributed by atoms with van der Waals surface area (Å²) >= 11 is 0. The fraction of sp³-hybridized carbons (Fsp3) is 0.143. The van der Waals surface area contributed by atoms with Crippen molar-refractivity contribution in [1.82, 2.24) is 24.7 Å². The molecule has 0 radical (unpaired) electrons. The molecule has 0 saturated heterocycles. The van der Waals surface area contributed by atoms with Gasteiger partial charge in [0.1, 0.15) is 0 Å². The highest BCUT2D eigenvalue weighted by Gasteiger charge is 2.14. The minimum Gasteiger partial charge on any atom is -0.347 e. The Hall–Kier alpha value is -1.67. The number of nitrogens with one attached hydrogen (secondary N) is 3. The first-order valence-corrected chi connectivity index (χ1v) is 5.62. The molecule has 0 aliphatic rings. The maximum absolute atomic E-state index is 11.6. The lowest BCUT2D eigenvalue weighted by Gasteiger charge is -2.01. The smallest absolute Gasteiger partial charge is 0.257 e. The number of imidazole rings is 2. The normalized spacial score (nSPS) is 11.7. The van der Waals surface area contributed by atoms with E-state index in [0.717, 1.165) is 0 Å². The Morgan fingerprint density at radius 1 is 1.20 bits per heavy atom. The molecule has 0 bridgehead atoms. The van der Waals surface area contributed by atoms with Crippen LogP contribution in [0.5, 0.6) is 0 Å². The first-order chi connectivity index (χ1) is 7.18. The van der Waals surface area contributed by atoms with E-state index in [2.05, 4.69) is 24.7 Å². The molecule has 2 aromatic rings. The van der Waals surface area contributed by atoms with E-state index in [1.165, 1.54) is 18.9 Å². The molecule has 0 saturated carbocycles. The third kappa shape index (κ3) is 2.22. The molecule has 0 spiro atoms. The van der Waals surface area contributed by atoms with Crippen LogP contribution in [-0.4, -0.2) is 28.4 Å². The van der Waals surface area contributed by atoms with Gasteiger partial charge in [0.15, 0.2) is 5.03 Å². The van der Waals surface area contributed by atoms with E-state index in [1.54, 1.807) is 6.20 Å². The van der Waals surface area contributed by atoms with Gasteiger partial charge in [-0.05, 0) is 0 Å². The molecule has 8 heteroatoms. The number of aromatic nitrogens is 4.